The van der Waals surface area contributed by atoms with Gasteiger partial charge in [0.1, 0.15) is 0 Å². The Morgan fingerprint density at radius 1 is 1.54 bits per heavy atom. The predicted octanol–water partition coefficient (Wildman–Crippen LogP) is 2.73. The van der Waals surface area contributed by atoms with Gasteiger partial charge in [-0.2, -0.15) is 0 Å². The Balaban J connectivity index is 2.34. The molecule has 1 N–H and O–H groups in total. The van der Waals surface area contributed by atoms with E-state index in [-0.39, 0.29) is 5.60 Å². The normalized spacial score (nSPS) is 32.7. The molecule has 0 aromatic carbocycles. The highest BCUT2D eigenvalue weighted by atomic mass is 16.3. The molecule has 0 heterocycles. The maximum atomic E-state index is 10.2. The van der Waals surface area contributed by atoms with Gasteiger partial charge in [-0.25, -0.2) is 0 Å². The van der Waals surface area contributed by atoms with Gasteiger partial charge in [-0.05, 0) is 38.5 Å². The van der Waals surface area contributed by atoms with Gasteiger partial charge >= 0.3 is 0 Å². The van der Waals surface area contributed by atoms with Crippen LogP contribution in [0.4, 0.5) is 0 Å². The van der Waals surface area contributed by atoms with Crippen LogP contribution in [0, 0.1) is 17.8 Å². The van der Waals surface area contributed by atoms with Crippen molar-refractivity contribution < 1.29 is 5.11 Å². The van der Waals surface area contributed by atoms with E-state index in [2.05, 4.69) is 18.8 Å². The molecule has 1 saturated carbocycles. The lowest BCUT2D eigenvalue weighted by Gasteiger charge is -2.21. The minimum absolute atomic E-state index is 0.384. The van der Waals surface area contributed by atoms with Crippen LogP contribution < -0.4 is 0 Å². The zero-order valence-corrected chi connectivity index (χ0v) is 8.77. The van der Waals surface area contributed by atoms with E-state index >= 15 is 0 Å². The molecule has 0 radical (unpaired) electrons. The van der Waals surface area contributed by atoms with Gasteiger partial charge in [-0.15, -0.1) is 11.8 Å². The molecule has 1 aliphatic carbocycles. The average Bonchev–Trinajstić information content (AvgIpc) is 2.49. The first-order chi connectivity index (χ1) is 6.20. The lowest BCUT2D eigenvalue weighted by Crippen LogP contribution is -2.24. The van der Waals surface area contributed by atoms with Crippen molar-refractivity contribution in [3.63, 3.8) is 0 Å². The summed E-state index contributed by atoms with van der Waals surface area (Å²) in [5.74, 6) is 6.65. The zero-order valence-electron chi connectivity index (χ0n) is 8.77. The average molecular weight is 180 g/mol. The van der Waals surface area contributed by atoms with Crippen LogP contribution in [0.3, 0.4) is 0 Å². The van der Waals surface area contributed by atoms with E-state index in [0.29, 0.717) is 0 Å². The Morgan fingerprint density at radius 2 is 2.31 bits per heavy atom. The van der Waals surface area contributed by atoms with Crippen LogP contribution in [0.15, 0.2) is 0 Å². The van der Waals surface area contributed by atoms with Crippen LogP contribution in [-0.2, 0) is 0 Å². The van der Waals surface area contributed by atoms with E-state index in [1.54, 1.807) is 0 Å². The molecule has 0 aliphatic heterocycles. The first kappa shape index (κ1) is 10.6. The fraction of sp³-hybridized carbons (Fsp3) is 0.833. The highest BCUT2D eigenvalue weighted by molar-refractivity contribution is 4.98. The van der Waals surface area contributed by atoms with Crippen molar-refractivity contribution in [1.82, 2.24) is 0 Å². The molecular formula is C12H20O. The van der Waals surface area contributed by atoms with Gasteiger partial charge in [-0.1, -0.05) is 13.3 Å². The molecule has 1 rings (SSSR count). The molecular weight excluding hydrogens is 160 g/mol. The third kappa shape index (κ3) is 3.04. The minimum Gasteiger partial charge on any atom is -0.390 e. The molecule has 0 spiro atoms. The predicted molar refractivity (Wildman–Crippen MR) is 55.3 cm³/mol. The van der Waals surface area contributed by atoms with E-state index in [1.807, 2.05) is 6.92 Å². The summed E-state index contributed by atoms with van der Waals surface area (Å²) in [7, 11) is 0. The lowest BCUT2D eigenvalue weighted by atomic mass is 9.94. The summed E-state index contributed by atoms with van der Waals surface area (Å²) in [6.07, 6.45) is 6.11. The summed E-state index contributed by atoms with van der Waals surface area (Å²) < 4.78 is 0. The SMILES string of the molecule is CC#CCCC1(O)CCC(CC)C1. The standard InChI is InChI=1S/C12H20O/c1-3-5-6-8-12(13)9-7-11(4-2)10-12/h11,13H,4,6-10H2,1-2H3. The summed E-state index contributed by atoms with van der Waals surface area (Å²) in [4.78, 5) is 0. The topological polar surface area (TPSA) is 20.2 Å². The molecule has 2 unspecified atom stereocenters. The number of hydrogen-bond acceptors (Lipinski definition) is 1. The quantitative estimate of drug-likeness (QED) is 0.662. The van der Waals surface area contributed by atoms with Gasteiger partial charge in [0.2, 0.25) is 0 Å². The summed E-state index contributed by atoms with van der Waals surface area (Å²) in [5, 5.41) is 10.2. The largest absolute Gasteiger partial charge is 0.390 e. The maximum absolute atomic E-state index is 10.2. The molecule has 0 aromatic heterocycles. The molecule has 0 saturated heterocycles. The van der Waals surface area contributed by atoms with E-state index in [1.165, 1.54) is 12.8 Å². The fourth-order valence-electron chi connectivity index (χ4n) is 2.21. The van der Waals surface area contributed by atoms with Crippen molar-refractivity contribution in [2.24, 2.45) is 5.92 Å². The highest BCUT2D eigenvalue weighted by Gasteiger charge is 2.35. The monoisotopic (exact) mass is 180 g/mol. The van der Waals surface area contributed by atoms with E-state index < -0.39 is 0 Å². The fourth-order valence-corrected chi connectivity index (χ4v) is 2.21. The van der Waals surface area contributed by atoms with Crippen molar-refractivity contribution in [2.75, 3.05) is 0 Å². The second kappa shape index (κ2) is 4.67. The van der Waals surface area contributed by atoms with Crippen molar-refractivity contribution in [1.29, 1.82) is 0 Å². The molecule has 74 valence electrons. The molecule has 2 atom stereocenters. The molecule has 0 bridgehead atoms. The molecule has 13 heavy (non-hydrogen) atoms. The Hall–Kier alpha value is -0.480. The third-order valence-corrected chi connectivity index (χ3v) is 3.16. The third-order valence-electron chi connectivity index (χ3n) is 3.16. The number of aliphatic hydroxyl groups is 1. The number of rotatable bonds is 3. The van der Waals surface area contributed by atoms with Gasteiger partial charge in [-0.3, -0.25) is 0 Å². The first-order valence-corrected chi connectivity index (χ1v) is 5.32. The second-order valence-corrected chi connectivity index (χ2v) is 4.17. The maximum Gasteiger partial charge on any atom is 0.0659 e. The highest BCUT2D eigenvalue weighted by Crippen LogP contribution is 2.38. The van der Waals surface area contributed by atoms with Gasteiger partial charge in [0.25, 0.3) is 0 Å². The Morgan fingerprint density at radius 3 is 2.85 bits per heavy atom. The Labute approximate surface area is 81.5 Å². The van der Waals surface area contributed by atoms with Gasteiger partial charge < -0.3 is 5.11 Å². The van der Waals surface area contributed by atoms with Crippen molar-refractivity contribution in [2.45, 2.75) is 58.0 Å². The van der Waals surface area contributed by atoms with E-state index in [4.69, 9.17) is 0 Å². The van der Waals surface area contributed by atoms with E-state index in [0.717, 1.165) is 31.6 Å². The van der Waals surface area contributed by atoms with Crippen LogP contribution in [0.1, 0.15) is 52.4 Å². The molecule has 0 aromatic rings. The summed E-state index contributed by atoms with van der Waals surface area (Å²) in [5.41, 5.74) is -0.384. The summed E-state index contributed by atoms with van der Waals surface area (Å²) >= 11 is 0. The Kier molecular flexibility index (Phi) is 3.81. The summed E-state index contributed by atoms with van der Waals surface area (Å²) in [6.45, 7) is 4.07. The van der Waals surface area contributed by atoms with Crippen LogP contribution in [0.5, 0.6) is 0 Å². The lowest BCUT2D eigenvalue weighted by molar-refractivity contribution is 0.0360. The molecule has 1 heteroatoms. The van der Waals surface area contributed by atoms with Crippen molar-refractivity contribution >= 4 is 0 Å². The van der Waals surface area contributed by atoms with Gasteiger partial charge in [0, 0.05) is 6.42 Å². The Bertz CT molecular complexity index is 211. The van der Waals surface area contributed by atoms with Crippen LogP contribution >= 0.6 is 0 Å². The summed E-state index contributed by atoms with van der Waals surface area (Å²) in [6, 6.07) is 0. The second-order valence-electron chi connectivity index (χ2n) is 4.17. The first-order valence-electron chi connectivity index (χ1n) is 5.32. The molecule has 1 aliphatic rings. The smallest absolute Gasteiger partial charge is 0.0659 e. The van der Waals surface area contributed by atoms with Crippen LogP contribution in [0.25, 0.3) is 0 Å². The molecule has 1 fully saturated rings. The van der Waals surface area contributed by atoms with Crippen LogP contribution in [0.2, 0.25) is 0 Å². The van der Waals surface area contributed by atoms with Gasteiger partial charge in [0.05, 0.1) is 5.60 Å². The van der Waals surface area contributed by atoms with Crippen molar-refractivity contribution in [3.05, 3.63) is 0 Å². The van der Waals surface area contributed by atoms with E-state index in [9.17, 15) is 5.11 Å². The minimum atomic E-state index is -0.384. The molecule has 0 amide bonds. The number of hydrogen-bond donors (Lipinski definition) is 1. The molecule has 1 nitrogen and oxygen atoms in total. The van der Waals surface area contributed by atoms with Crippen LogP contribution in [-0.4, -0.2) is 10.7 Å². The zero-order chi connectivity index (χ0) is 9.73. The van der Waals surface area contributed by atoms with Crippen molar-refractivity contribution in [3.8, 4) is 11.8 Å². The van der Waals surface area contributed by atoms with Gasteiger partial charge in [0.15, 0.2) is 0 Å².